The first kappa shape index (κ1) is 15.3. The minimum absolute atomic E-state index is 0.202. The van der Waals surface area contributed by atoms with Crippen LogP contribution in [0.4, 0.5) is 15.8 Å². The summed E-state index contributed by atoms with van der Waals surface area (Å²) < 4.78 is 39.6. The predicted molar refractivity (Wildman–Crippen MR) is 82.6 cm³/mol. The topological polar surface area (TPSA) is 49.4 Å². The molecule has 112 valence electrons. The summed E-state index contributed by atoms with van der Waals surface area (Å²) in [6.07, 6.45) is 0. The lowest BCUT2D eigenvalue weighted by molar-refractivity contribution is 0.591. The molecule has 0 spiro atoms. The van der Waals surface area contributed by atoms with Gasteiger partial charge in [-0.25, -0.2) is 12.8 Å². The number of sulfonamides is 1. The van der Waals surface area contributed by atoms with Gasteiger partial charge in [-0.2, -0.15) is 0 Å². The van der Waals surface area contributed by atoms with Crippen molar-refractivity contribution in [2.45, 2.75) is 11.8 Å². The molecule has 1 N–H and O–H groups in total. The summed E-state index contributed by atoms with van der Waals surface area (Å²) in [7, 11) is -1.89. The van der Waals surface area contributed by atoms with Crippen molar-refractivity contribution in [3.05, 3.63) is 54.3 Å². The van der Waals surface area contributed by atoms with Crippen LogP contribution in [0.2, 0.25) is 0 Å². The molecule has 0 heterocycles. The average molecular weight is 308 g/mol. The Bertz CT molecular complexity index is 697. The van der Waals surface area contributed by atoms with E-state index in [9.17, 15) is 12.8 Å². The van der Waals surface area contributed by atoms with Gasteiger partial charge in [0.05, 0.1) is 10.6 Å². The lowest BCUT2D eigenvalue weighted by Crippen LogP contribution is -2.30. The van der Waals surface area contributed by atoms with Crippen LogP contribution in [-0.4, -0.2) is 22.0 Å². The first-order valence-electron chi connectivity index (χ1n) is 6.55. The molecule has 21 heavy (non-hydrogen) atoms. The molecule has 0 bridgehead atoms. The fourth-order valence-corrected chi connectivity index (χ4v) is 3.49. The van der Waals surface area contributed by atoms with Gasteiger partial charge in [-0.1, -0.05) is 0 Å². The SMILES string of the molecule is CCN(c1ccc(F)cc1)S(=O)(=O)c1ccc(NC)cc1. The normalized spacial score (nSPS) is 11.2. The molecule has 0 amide bonds. The molecule has 0 aromatic heterocycles. The Kier molecular flexibility index (Phi) is 4.47. The van der Waals surface area contributed by atoms with Crippen LogP contribution in [-0.2, 0) is 10.0 Å². The summed E-state index contributed by atoms with van der Waals surface area (Å²) >= 11 is 0. The van der Waals surface area contributed by atoms with Crippen molar-refractivity contribution in [2.75, 3.05) is 23.2 Å². The molecule has 0 aliphatic carbocycles. The highest BCUT2D eigenvalue weighted by Crippen LogP contribution is 2.24. The van der Waals surface area contributed by atoms with Gasteiger partial charge in [-0.05, 0) is 55.5 Å². The van der Waals surface area contributed by atoms with Crippen molar-refractivity contribution in [3.8, 4) is 0 Å². The Morgan fingerprint density at radius 2 is 1.62 bits per heavy atom. The molecule has 0 unspecified atom stereocenters. The van der Waals surface area contributed by atoms with Crippen molar-refractivity contribution in [3.63, 3.8) is 0 Å². The lowest BCUT2D eigenvalue weighted by atomic mass is 10.3. The second kappa shape index (κ2) is 6.13. The maximum Gasteiger partial charge on any atom is 0.264 e. The summed E-state index contributed by atoms with van der Waals surface area (Å²) in [6.45, 7) is 2.00. The van der Waals surface area contributed by atoms with Crippen LogP contribution in [0.25, 0.3) is 0 Å². The number of nitrogens with zero attached hydrogens (tertiary/aromatic N) is 1. The predicted octanol–water partition coefficient (Wildman–Crippen LogP) is 3.08. The number of rotatable bonds is 5. The molecule has 0 radical (unpaired) electrons. The fraction of sp³-hybridized carbons (Fsp3) is 0.200. The standard InChI is InChI=1S/C15H17FN2O2S/c1-3-18(14-8-4-12(16)5-9-14)21(19,20)15-10-6-13(17-2)7-11-15/h4-11,17H,3H2,1-2H3. The second-order valence-electron chi connectivity index (χ2n) is 4.42. The molecule has 0 atom stereocenters. The molecular weight excluding hydrogens is 291 g/mol. The fourth-order valence-electron chi connectivity index (χ4n) is 2.02. The number of hydrogen-bond acceptors (Lipinski definition) is 3. The Balaban J connectivity index is 2.41. The van der Waals surface area contributed by atoms with Crippen molar-refractivity contribution >= 4 is 21.4 Å². The highest BCUT2D eigenvalue weighted by molar-refractivity contribution is 7.92. The zero-order valence-electron chi connectivity index (χ0n) is 11.9. The van der Waals surface area contributed by atoms with Gasteiger partial charge in [0, 0.05) is 19.3 Å². The third-order valence-electron chi connectivity index (χ3n) is 3.13. The quantitative estimate of drug-likeness (QED) is 0.923. The first-order valence-corrected chi connectivity index (χ1v) is 7.99. The molecule has 0 saturated heterocycles. The van der Waals surface area contributed by atoms with E-state index in [0.29, 0.717) is 5.69 Å². The smallest absolute Gasteiger partial charge is 0.264 e. The van der Waals surface area contributed by atoms with Crippen LogP contribution in [0.5, 0.6) is 0 Å². The largest absolute Gasteiger partial charge is 0.388 e. The zero-order valence-corrected chi connectivity index (χ0v) is 12.7. The van der Waals surface area contributed by atoms with Gasteiger partial charge in [0.1, 0.15) is 5.82 Å². The van der Waals surface area contributed by atoms with Crippen LogP contribution in [0.1, 0.15) is 6.92 Å². The number of nitrogens with one attached hydrogen (secondary N) is 1. The lowest BCUT2D eigenvalue weighted by Gasteiger charge is -2.23. The van der Waals surface area contributed by atoms with Gasteiger partial charge in [0.25, 0.3) is 10.0 Å². The van der Waals surface area contributed by atoms with Crippen molar-refractivity contribution in [2.24, 2.45) is 0 Å². The van der Waals surface area contributed by atoms with Crippen LogP contribution in [0, 0.1) is 5.82 Å². The molecule has 0 aliphatic rings. The van der Waals surface area contributed by atoms with E-state index in [4.69, 9.17) is 0 Å². The van der Waals surface area contributed by atoms with Gasteiger partial charge in [-0.15, -0.1) is 0 Å². The maximum absolute atomic E-state index is 13.0. The summed E-state index contributed by atoms with van der Waals surface area (Å²) in [6, 6.07) is 11.9. The van der Waals surface area contributed by atoms with Gasteiger partial charge in [0.2, 0.25) is 0 Å². The van der Waals surface area contributed by atoms with Gasteiger partial charge >= 0.3 is 0 Å². The highest BCUT2D eigenvalue weighted by Gasteiger charge is 2.23. The third kappa shape index (κ3) is 3.16. The van der Waals surface area contributed by atoms with Crippen molar-refractivity contribution in [1.82, 2.24) is 0 Å². The Morgan fingerprint density at radius 3 is 2.10 bits per heavy atom. The Morgan fingerprint density at radius 1 is 1.05 bits per heavy atom. The maximum atomic E-state index is 13.0. The average Bonchev–Trinajstić information content (AvgIpc) is 2.50. The van der Waals surface area contributed by atoms with Crippen LogP contribution in [0.15, 0.2) is 53.4 Å². The van der Waals surface area contributed by atoms with E-state index in [2.05, 4.69) is 5.32 Å². The summed E-state index contributed by atoms with van der Waals surface area (Å²) in [4.78, 5) is 0.202. The van der Waals surface area contributed by atoms with Crippen molar-refractivity contribution < 1.29 is 12.8 Å². The van der Waals surface area contributed by atoms with E-state index in [0.717, 1.165) is 5.69 Å². The van der Waals surface area contributed by atoms with Crippen molar-refractivity contribution in [1.29, 1.82) is 0 Å². The van der Waals surface area contributed by atoms with Crippen LogP contribution < -0.4 is 9.62 Å². The van der Waals surface area contributed by atoms with Crippen LogP contribution >= 0.6 is 0 Å². The Labute approximate surface area is 124 Å². The van der Waals surface area contributed by atoms with E-state index in [-0.39, 0.29) is 11.4 Å². The minimum Gasteiger partial charge on any atom is -0.388 e. The molecule has 6 heteroatoms. The summed E-state index contributed by atoms with van der Waals surface area (Å²) in [5.74, 6) is -0.398. The summed E-state index contributed by atoms with van der Waals surface area (Å²) in [5.41, 5.74) is 1.27. The third-order valence-corrected chi connectivity index (χ3v) is 5.05. The van der Waals surface area contributed by atoms with E-state index in [1.807, 2.05) is 0 Å². The van der Waals surface area contributed by atoms with Gasteiger partial charge in [0.15, 0.2) is 0 Å². The number of benzene rings is 2. The van der Waals surface area contributed by atoms with E-state index < -0.39 is 15.8 Å². The highest BCUT2D eigenvalue weighted by atomic mass is 32.2. The molecule has 4 nitrogen and oxygen atoms in total. The molecule has 0 saturated carbocycles. The zero-order chi connectivity index (χ0) is 15.5. The molecular formula is C15H17FN2O2S. The molecule has 0 aliphatic heterocycles. The number of anilines is 2. The second-order valence-corrected chi connectivity index (χ2v) is 6.28. The molecule has 0 fully saturated rings. The molecule has 2 aromatic carbocycles. The van der Waals surface area contributed by atoms with Gasteiger partial charge < -0.3 is 5.32 Å². The number of hydrogen-bond donors (Lipinski definition) is 1. The first-order chi connectivity index (χ1) is 9.98. The molecule has 2 rings (SSSR count). The van der Waals surface area contributed by atoms with E-state index in [1.54, 1.807) is 38.2 Å². The van der Waals surface area contributed by atoms with E-state index in [1.165, 1.54) is 28.6 Å². The van der Waals surface area contributed by atoms with Crippen LogP contribution in [0.3, 0.4) is 0 Å². The van der Waals surface area contributed by atoms with Gasteiger partial charge in [-0.3, -0.25) is 4.31 Å². The molecule has 2 aromatic rings. The number of halogens is 1. The monoisotopic (exact) mass is 308 g/mol. The summed E-state index contributed by atoms with van der Waals surface area (Å²) in [5, 5.41) is 2.94. The minimum atomic E-state index is -3.66. The van der Waals surface area contributed by atoms with E-state index >= 15 is 0 Å². The Hall–Kier alpha value is -2.08.